The van der Waals surface area contributed by atoms with Crippen molar-refractivity contribution in [2.45, 2.75) is 50.6 Å². The van der Waals surface area contributed by atoms with E-state index in [-0.39, 0.29) is 23.6 Å². The van der Waals surface area contributed by atoms with Gasteiger partial charge in [0, 0.05) is 16.8 Å². The van der Waals surface area contributed by atoms with Crippen molar-refractivity contribution in [3.05, 3.63) is 67.4 Å². The molecule has 4 aliphatic carbocycles. The number of halogens is 1. The van der Waals surface area contributed by atoms with E-state index in [1.165, 1.54) is 25.5 Å². The number of nitrogens with one attached hydrogen (secondary N) is 2. The summed E-state index contributed by atoms with van der Waals surface area (Å²) in [6, 6.07) is 7.05. The second-order valence-electron chi connectivity index (χ2n) is 9.14. The molecule has 0 spiro atoms. The summed E-state index contributed by atoms with van der Waals surface area (Å²) in [6.45, 7) is 0.0202. The number of hydrogen-bond donors (Lipinski definition) is 2. The first-order chi connectivity index (χ1) is 13.9. The number of carbonyl (C=O) groups is 1. The first-order valence-corrected chi connectivity index (χ1v) is 10.7. The predicted molar refractivity (Wildman–Crippen MR) is 110 cm³/mol. The topological polar surface area (TPSA) is 84.0 Å². The largest absolute Gasteiger partial charge is 0.346 e. The molecule has 152 valence electrons. The Morgan fingerprint density at radius 2 is 1.72 bits per heavy atom. The van der Waals surface area contributed by atoms with Crippen LogP contribution >= 0.6 is 11.6 Å². The second-order valence-corrected chi connectivity index (χ2v) is 9.55. The fourth-order valence-electron chi connectivity index (χ4n) is 6.19. The molecule has 0 aliphatic heterocycles. The number of nitrogens with zero attached hydrogens (tertiary/aromatic N) is 1. The molecular weight excluding hydrogens is 390 g/mol. The van der Waals surface area contributed by atoms with Crippen LogP contribution < -0.4 is 16.6 Å². The molecule has 1 aromatic carbocycles. The van der Waals surface area contributed by atoms with Crippen LogP contribution in [0.5, 0.6) is 0 Å². The first-order valence-electron chi connectivity index (χ1n) is 10.3. The minimum Gasteiger partial charge on any atom is -0.346 e. The molecule has 0 saturated heterocycles. The maximum Gasteiger partial charge on any atom is 0.328 e. The predicted octanol–water partition coefficient (Wildman–Crippen LogP) is 2.94. The molecule has 2 N–H and O–H groups in total. The summed E-state index contributed by atoms with van der Waals surface area (Å²) in [6.07, 6.45) is 8.07. The molecule has 0 radical (unpaired) electrons. The molecule has 0 unspecified atom stereocenters. The minimum atomic E-state index is -0.587. The Kier molecular flexibility index (Phi) is 4.42. The van der Waals surface area contributed by atoms with Crippen LogP contribution in [-0.2, 0) is 6.54 Å². The lowest BCUT2D eigenvalue weighted by Crippen LogP contribution is -2.60. The highest BCUT2D eigenvalue weighted by Crippen LogP contribution is 2.55. The molecule has 7 heteroatoms. The van der Waals surface area contributed by atoms with Gasteiger partial charge in [-0.15, -0.1) is 0 Å². The van der Waals surface area contributed by atoms with Crippen LogP contribution in [0.3, 0.4) is 0 Å². The highest BCUT2D eigenvalue weighted by Gasteiger charge is 2.51. The van der Waals surface area contributed by atoms with Gasteiger partial charge in [0.1, 0.15) is 5.56 Å². The molecular formula is C22H24ClN3O3. The van der Waals surface area contributed by atoms with Gasteiger partial charge in [-0.3, -0.25) is 14.2 Å². The number of amides is 1. The smallest absolute Gasteiger partial charge is 0.328 e. The summed E-state index contributed by atoms with van der Waals surface area (Å²) in [5, 5.41) is 3.68. The van der Waals surface area contributed by atoms with Crippen molar-refractivity contribution in [2.24, 2.45) is 17.8 Å². The van der Waals surface area contributed by atoms with E-state index in [0.717, 1.165) is 23.8 Å². The summed E-state index contributed by atoms with van der Waals surface area (Å²) in [7, 11) is 0. The van der Waals surface area contributed by atoms with Crippen molar-refractivity contribution in [1.29, 1.82) is 0 Å². The second kappa shape index (κ2) is 6.87. The van der Waals surface area contributed by atoms with Crippen molar-refractivity contribution in [3.63, 3.8) is 0 Å². The van der Waals surface area contributed by atoms with Crippen LogP contribution in [0.25, 0.3) is 0 Å². The Morgan fingerprint density at radius 1 is 1.10 bits per heavy atom. The van der Waals surface area contributed by atoms with Gasteiger partial charge in [-0.25, -0.2) is 4.79 Å². The molecule has 4 aliphatic rings. The highest BCUT2D eigenvalue weighted by molar-refractivity contribution is 6.31. The van der Waals surface area contributed by atoms with Gasteiger partial charge >= 0.3 is 5.69 Å². The van der Waals surface area contributed by atoms with E-state index in [2.05, 4.69) is 10.3 Å². The van der Waals surface area contributed by atoms with Crippen LogP contribution in [0, 0.1) is 17.8 Å². The van der Waals surface area contributed by atoms with Gasteiger partial charge in [0.25, 0.3) is 11.5 Å². The molecule has 0 atom stereocenters. The molecule has 4 bridgehead atoms. The first kappa shape index (κ1) is 18.7. The zero-order valence-electron chi connectivity index (χ0n) is 16.1. The molecule has 1 heterocycles. The maximum atomic E-state index is 13.1. The molecule has 6 nitrogen and oxygen atoms in total. The summed E-state index contributed by atoms with van der Waals surface area (Å²) < 4.78 is 1.04. The van der Waals surface area contributed by atoms with Crippen molar-refractivity contribution >= 4 is 17.5 Å². The molecule has 6 rings (SSSR count). The lowest BCUT2D eigenvalue weighted by Gasteiger charge is -2.56. The number of rotatable bonds is 4. The number of benzene rings is 1. The monoisotopic (exact) mass is 413 g/mol. The summed E-state index contributed by atoms with van der Waals surface area (Å²) >= 11 is 6.18. The third kappa shape index (κ3) is 3.33. The van der Waals surface area contributed by atoms with Gasteiger partial charge in [-0.1, -0.05) is 29.8 Å². The third-order valence-corrected chi connectivity index (χ3v) is 7.38. The molecule has 1 amide bonds. The van der Waals surface area contributed by atoms with Crippen LogP contribution in [-0.4, -0.2) is 21.0 Å². The zero-order valence-corrected chi connectivity index (χ0v) is 16.9. The standard InChI is InChI=1S/C22H24ClN3O3/c23-18-4-2-1-3-16(18)12-26-20(28)17(11-24-21(26)29)19(27)25-22-8-13-5-14(9-22)7-15(6-13)10-22/h1-4,11,13-15H,5-10,12H2,(H,24,29)(H,25,27). The summed E-state index contributed by atoms with van der Waals surface area (Å²) in [4.78, 5) is 40.8. The number of hydrogen-bond acceptors (Lipinski definition) is 3. The average Bonchev–Trinajstić information content (AvgIpc) is 2.65. The highest BCUT2D eigenvalue weighted by atomic mass is 35.5. The van der Waals surface area contributed by atoms with Gasteiger partial charge < -0.3 is 10.3 Å². The number of aromatic amines is 1. The van der Waals surface area contributed by atoms with Gasteiger partial charge in [0.05, 0.1) is 6.54 Å². The number of aromatic nitrogens is 2. The summed E-state index contributed by atoms with van der Waals surface area (Å²) in [5.74, 6) is 1.68. The quantitative estimate of drug-likeness (QED) is 0.808. The molecule has 2 aromatic rings. The van der Waals surface area contributed by atoms with E-state index < -0.39 is 11.2 Å². The molecule has 4 fully saturated rings. The SMILES string of the molecule is O=C(NC12CC3CC(CC(C3)C1)C2)c1c[nH]c(=O)n(Cc2ccccc2Cl)c1=O. The van der Waals surface area contributed by atoms with Crippen LogP contribution in [0.2, 0.25) is 5.02 Å². The van der Waals surface area contributed by atoms with E-state index >= 15 is 0 Å². The van der Waals surface area contributed by atoms with Crippen LogP contribution in [0.15, 0.2) is 40.1 Å². The number of H-pyrrole nitrogens is 1. The third-order valence-electron chi connectivity index (χ3n) is 7.01. The number of carbonyl (C=O) groups excluding carboxylic acids is 1. The van der Waals surface area contributed by atoms with Crippen LogP contribution in [0.1, 0.15) is 54.4 Å². The van der Waals surface area contributed by atoms with E-state index in [0.29, 0.717) is 28.3 Å². The van der Waals surface area contributed by atoms with E-state index in [1.807, 2.05) is 0 Å². The van der Waals surface area contributed by atoms with E-state index in [4.69, 9.17) is 11.6 Å². The zero-order chi connectivity index (χ0) is 20.2. The van der Waals surface area contributed by atoms with Crippen molar-refractivity contribution < 1.29 is 4.79 Å². The van der Waals surface area contributed by atoms with Crippen molar-refractivity contribution in [2.75, 3.05) is 0 Å². The van der Waals surface area contributed by atoms with Gasteiger partial charge in [0.15, 0.2) is 0 Å². The summed E-state index contributed by atoms with van der Waals surface area (Å²) in [5.41, 5.74) is -0.702. The Morgan fingerprint density at radius 3 is 2.34 bits per heavy atom. The average molecular weight is 414 g/mol. The Labute approximate surface area is 173 Å². The van der Waals surface area contributed by atoms with Crippen molar-refractivity contribution in [3.8, 4) is 0 Å². The van der Waals surface area contributed by atoms with Gasteiger partial charge in [-0.2, -0.15) is 0 Å². The van der Waals surface area contributed by atoms with E-state index in [1.54, 1.807) is 24.3 Å². The fraction of sp³-hybridized carbons (Fsp3) is 0.500. The Hall–Kier alpha value is -2.34. The molecule has 1 aromatic heterocycles. The fourth-order valence-corrected chi connectivity index (χ4v) is 6.38. The lowest BCUT2D eigenvalue weighted by atomic mass is 9.53. The van der Waals surface area contributed by atoms with Crippen LogP contribution in [0.4, 0.5) is 0 Å². The Balaban J connectivity index is 1.43. The maximum absolute atomic E-state index is 13.1. The normalized spacial score (nSPS) is 29.8. The van der Waals surface area contributed by atoms with Gasteiger partial charge in [-0.05, 0) is 67.9 Å². The minimum absolute atomic E-state index is 0.0202. The molecule has 29 heavy (non-hydrogen) atoms. The van der Waals surface area contributed by atoms with Crippen molar-refractivity contribution in [1.82, 2.24) is 14.9 Å². The lowest BCUT2D eigenvalue weighted by molar-refractivity contribution is -0.0167. The van der Waals surface area contributed by atoms with Gasteiger partial charge in [0.2, 0.25) is 0 Å². The van der Waals surface area contributed by atoms with E-state index in [9.17, 15) is 14.4 Å². The molecule has 4 saturated carbocycles. The Bertz CT molecular complexity index is 1050.